The van der Waals surface area contributed by atoms with Crippen LogP contribution in [0, 0.1) is 0 Å². The van der Waals surface area contributed by atoms with Gasteiger partial charge in [-0.25, -0.2) is 9.97 Å². The van der Waals surface area contributed by atoms with Gasteiger partial charge in [-0.05, 0) is 12.1 Å². The molecular weight excluding hydrogens is 178 g/mol. The summed E-state index contributed by atoms with van der Waals surface area (Å²) in [5.74, 6) is 0. The third-order valence-electron chi connectivity index (χ3n) is 1.40. The molecule has 12 heavy (non-hydrogen) atoms. The van der Waals surface area contributed by atoms with Crippen molar-refractivity contribution in [1.29, 1.82) is 0 Å². The maximum atomic E-state index is 10.8. The number of aromatic amines is 1. The Labute approximate surface area is 72.2 Å². The van der Waals surface area contributed by atoms with Crippen LogP contribution in [0.5, 0.6) is 0 Å². The molecule has 2 rings (SSSR count). The number of H-pyrrole nitrogens is 1. The number of aromatic nitrogens is 3. The normalized spacial score (nSPS) is 10.4. The van der Waals surface area contributed by atoms with Gasteiger partial charge in [-0.15, -0.1) is 0 Å². The molecule has 2 heterocycles. The summed E-state index contributed by atoms with van der Waals surface area (Å²) in [6, 6.07) is 3.32. The molecule has 2 aromatic heterocycles. The van der Waals surface area contributed by atoms with Crippen molar-refractivity contribution in [3.8, 4) is 0 Å². The average molecular weight is 182 g/mol. The molecule has 0 saturated carbocycles. The Morgan fingerprint density at radius 1 is 1.42 bits per heavy atom. The lowest BCUT2D eigenvalue weighted by atomic mass is 10.4. The van der Waals surface area contributed by atoms with Gasteiger partial charge >= 0.3 is 0 Å². The van der Waals surface area contributed by atoms with E-state index in [2.05, 4.69) is 15.0 Å². The first-order valence-electron chi connectivity index (χ1n) is 3.27. The lowest BCUT2D eigenvalue weighted by Gasteiger charge is -1.93. The summed E-state index contributed by atoms with van der Waals surface area (Å²) in [6.45, 7) is 0. The van der Waals surface area contributed by atoms with E-state index in [4.69, 9.17) is 11.6 Å². The summed E-state index contributed by atoms with van der Waals surface area (Å²) < 4.78 is 0. The number of nitrogens with one attached hydrogen (secondary N) is 1. The van der Waals surface area contributed by atoms with E-state index in [1.54, 1.807) is 12.1 Å². The van der Waals surface area contributed by atoms with Gasteiger partial charge in [0.1, 0.15) is 10.7 Å². The summed E-state index contributed by atoms with van der Waals surface area (Å²) in [7, 11) is 0. The molecule has 5 heteroatoms. The van der Waals surface area contributed by atoms with Crippen molar-refractivity contribution < 1.29 is 0 Å². The van der Waals surface area contributed by atoms with Crippen LogP contribution < -0.4 is 5.56 Å². The molecule has 0 unspecified atom stereocenters. The number of rotatable bonds is 0. The van der Waals surface area contributed by atoms with Crippen LogP contribution in [0.3, 0.4) is 0 Å². The molecule has 0 aliphatic carbocycles. The summed E-state index contributed by atoms with van der Waals surface area (Å²) in [6.07, 6.45) is 1.21. The fourth-order valence-corrected chi connectivity index (χ4v) is 1.05. The second-order valence-corrected chi connectivity index (χ2v) is 2.64. The number of nitrogens with zero attached hydrogens (tertiary/aromatic N) is 2. The van der Waals surface area contributed by atoms with Crippen molar-refractivity contribution >= 4 is 22.8 Å². The molecule has 2 aromatic rings. The van der Waals surface area contributed by atoms with Crippen LogP contribution in [0.4, 0.5) is 0 Å². The minimum Gasteiger partial charge on any atom is -0.304 e. The van der Waals surface area contributed by atoms with E-state index >= 15 is 0 Å². The standard InChI is InChI=1S/C7H4ClN3O/c8-5-2-1-4-7(10-5)11-6(12)3-9-4/h1-3H,(H,10,11,12). The predicted octanol–water partition coefficient (Wildman–Crippen LogP) is 0.971. The van der Waals surface area contributed by atoms with Gasteiger partial charge < -0.3 is 4.98 Å². The van der Waals surface area contributed by atoms with Gasteiger partial charge in [0, 0.05) is 0 Å². The van der Waals surface area contributed by atoms with E-state index in [-0.39, 0.29) is 5.56 Å². The monoisotopic (exact) mass is 181 g/mol. The van der Waals surface area contributed by atoms with Crippen LogP contribution >= 0.6 is 11.6 Å². The van der Waals surface area contributed by atoms with Crippen molar-refractivity contribution in [3.05, 3.63) is 33.8 Å². The van der Waals surface area contributed by atoms with E-state index in [0.717, 1.165) is 0 Å². The summed E-state index contributed by atoms with van der Waals surface area (Å²) >= 11 is 5.61. The van der Waals surface area contributed by atoms with E-state index in [9.17, 15) is 4.79 Å². The summed E-state index contributed by atoms with van der Waals surface area (Å²) in [5, 5.41) is 0.339. The average Bonchev–Trinajstić information content (AvgIpc) is 2.03. The van der Waals surface area contributed by atoms with Crippen LogP contribution in [0.25, 0.3) is 11.2 Å². The molecule has 0 atom stereocenters. The smallest absolute Gasteiger partial charge is 0.268 e. The Bertz CT molecular complexity index is 479. The van der Waals surface area contributed by atoms with Gasteiger partial charge in [0.05, 0.1) is 6.20 Å². The van der Waals surface area contributed by atoms with Crippen molar-refractivity contribution in [2.24, 2.45) is 0 Å². The Hall–Kier alpha value is -1.42. The highest BCUT2D eigenvalue weighted by Gasteiger charge is 1.96. The molecule has 60 valence electrons. The molecule has 0 aliphatic heterocycles. The Morgan fingerprint density at radius 2 is 2.25 bits per heavy atom. The second-order valence-electron chi connectivity index (χ2n) is 2.25. The molecule has 0 aliphatic rings. The molecule has 0 spiro atoms. The second kappa shape index (κ2) is 2.57. The van der Waals surface area contributed by atoms with Crippen molar-refractivity contribution in [2.45, 2.75) is 0 Å². The van der Waals surface area contributed by atoms with Crippen LogP contribution in [0.15, 0.2) is 23.1 Å². The Kier molecular flexibility index (Phi) is 1.55. The first-order valence-corrected chi connectivity index (χ1v) is 3.65. The number of fused-ring (bicyclic) bond motifs is 1. The van der Waals surface area contributed by atoms with Crippen molar-refractivity contribution in [1.82, 2.24) is 15.0 Å². The molecule has 0 radical (unpaired) electrons. The van der Waals surface area contributed by atoms with Gasteiger partial charge in [0.25, 0.3) is 5.56 Å². The molecule has 1 N–H and O–H groups in total. The van der Waals surface area contributed by atoms with Crippen LogP contribution in [-0.4, -0.2) is 15.0 Å². The van der Waals surface area contributed by atoms with E-state index < -0.39 is 0 Å². The molecular formula is C7H4ClN3O. The number of halogens is 1. The third kappa shape index (κ3) is 1.16. The molecule has 0 amide bonds. The van der Waals surface area contributed by atoms with Crippen LogP contribution in [0.1, 0.15) is 0 Å². The van der Waals surface area contributed by atoms with Gasteiger partial charge in [-0.2, -0.15) is 0 Å². The fourth-order valence-electron chi connectivity index (χ4n) is 0.901. The molecule has 0 saturated heterocycles. The lowest BCUT2D eigenvalue weighted by Crippen LogP contribution is -2.05. The minimum absolute atomic E-state index is 0.280. The maximum absolute atomic E-state index is 10.8. The third-order valence-corrected chi connectivity index (χ3v) is 1.61. The quantitative estimate of drug-likeness (QED) is 0.617. The highest BCUT2D eigenvalue weighted by atomic mass is 35.5. The zero-order valence-corrected chi connectivity index (χ0v) is 6.67. The highest BCUT2D eigenvalue weighted by Crippen LogP contribution is 2.08. The number of pyridine rings is 1. The minimum atomic E-state index is -0.280. The fraction of sp³-hybridized carbons (Fsp3) is 0. The highest BCUT2D eigenvalue weighted by molar-refractivity contribution is 6.29. The van der Waals surface area contributed by atoms with Crippen molar-refractivity contribution in [2.75, 3.05) is 0 Å². The van der Waals surface area contributed by atoms with Gasteiger partial charge in [-0.3, -0.25) is 4.79 Å². The summed E-state index contributed by atoms with van der Waals surface area (Å²) in [4.78, 5) is 21.1. The lowest BCUT2D eigenvalue weighted by molar-refractivity contribution is 1.17. The predicted molar refractivity (Wildman–Crippen MR) is 45.2 cm³/mol. The molecule has 0 fully saturated rings. The van der Waals surface area contributed by atoms with Crippen molar-refractivity contribution in [3.63, 3.8) is 0 Å². The van der Waals surface area contributed by atoms with Gasteiger partial charge in [0.2, 0.25) is 0 Å². The first kappa shape index (κ1) is 7.24. The van der Waals surface area contributed by atoms with Gasteiger partial charge in [-0.1, -0.05) is 11.6 Å². The Morgan fingerprint density at radius 3 is 3.08 bits per heavy atom. The largest absolute Gasteiger partial charge is 0.304 e. The van der Waals surface area contributed by atoms with E-state index in [0.29, 0.717) is 16.3 Å². The zero-order valence-electron chi connectivity index (χ0n) is 5.91. The number of hydrogen-bond donors (Lipinski definition) is 1. The maximum Gasteiger partial charge on any atom is 0.268 e. The van der Waals surface area contributed by atoms with Crippen LogP contribution in [-0.2, 0) is 0 Å². The van der Waals surface area contributed by atoms with Gasteiger partial charge in [0.15, 0.2) is 5.65 Å². The van der Waals surface area contributed by atoms with E-state index in [1.807, 2.05) is 0 Å². The Balaban J connectivity index is 2.89. The number of hydrogen-bond acceptors (Lipinski definition) is 3. The molecule has 0 aromatic carbocycles. The zero-order chi connectivity index (χ0) is 8.55. The van der Waals surface area contributed by atoms with E-state index in [1.165, 1.54) is 6.20 Å². The molecule has 0 bridgehead atoms. The first-order chi connectivity index (χ1) is 5.75. The topological polar surface area (TPSA) is 58.6 Å². The molecule has 4 nitrogen and oxygen atoms in total. The van der Waals surface area contributed by atoms with Crippen LogP contribution in [0.2, 0.25) is 5.15 Å². The summed E-state index contributed by atoms with van der Waals surface area (Å²) in [5.41, 5.74) is 0.756. The SMILES string of the molecule is O=c1cnc2ccc(Cl)nc2[nH]1.